The van der Waals surface area contributed by atoms with E-state index in [2.05, 4.69) is 133 Å². The summed E-state index contributed by atoms with van der Waals surface area (Å²) in [7, 11) is 0. The van der Waals surface area contributed by atoms with Gasteiger partial charge in [-0.1, -0.05) is 146 Å². The number of benzene rings is 8. The molecule has 54 heavy (non-hydrogen) atoms. The lowest BCUT2D eigenvalue weighted by Crippen LogP contribution is -2.00. The molecule has 0 aliphatic carbocycles. The van der Waals surface area contributed by atoms with E-state index in [0.29, 0.717) is 17.5 Å². The lowest BCUT2D eigenvalue weighted by Gasteiger charge is -2.10. The first kappa shape index (κ1) is 30.3. The Labute approximate surface area is 309 Å². The Balaban J connectivity index is 1.10. The molecule has 11 aromatic rings. The molecule has 3 aromatic heterocycles. The summed E-state index contributed by atoms with van der Waals surface area (Å²) in [5.41, 5.74) is 10.4. The number of nitrogens with zero attached hydrogens (tertiary/aromatic N) is 3. The molecule has 11 rings (SSSR count). The molecule has 0 amide bonds. The second kappa shape index (κ2) is 12.1. The van der Waals surface area contributed by atoms with Crippen LogP contribution in [0, 0.1) is 0 Å². The van der Waals surface area contributed by atoms with E-state index >= 15 is 0 Å². The van der Waals surface area contributed by atoms with Crippen molar-refractivity contribution in [1.82, 2.24) is 15.0 Å². The average Bonchev–Trinajstić information content (AvgIpc) is 3.82. The molecule has 0 bridgehead atoms. The Morgan fingerprint density at radius 2 is 0.926 bits per heavy atom. The summed E-state index contributed by atoms with van der Waals surface area (Å²) in [6.45, 7) is 0. The van der Waals surface area contributed by atoms with Crippen molar-refractivity contribution in [3.05, 3.63) is 176 Å². The summed E-state index contributed by atoms with van der Waals surface area (Å²) in [5.74, 6) is 1.80. The highest BCUT2D eigenvalue weighted by Crippen LogP contribution is 2.42. The van der Waals surface area contributed by atoms with E-state index in [1.54, 1.807) is 0 Å². The van der Waals surface area contributed by atoms with Crippen molar-refractivity contribution < 1.29 is 8.83 Å². The van der Waals surface area contributed by atoms with Crippen LogP contribution in [0.1, 0.15) is 0 Å². The Morgan fingerprint density at radius 3 is 1.81 bits per heavy atom. The van der Waals surface area contributed by atoms with Gasteiger partial charge in [0.2, 0.25) is 0 Å². The molecule has 0 fully saturated rings. The van der Waals surface area contributed by atoms with Crippen molar-refractivity contribution in [1.29, 1.82) is 0 Å². The van der Waals surface area contributed by atoms with E-state index in [-0.39, 0.29) is 0 Å². The molecule has 0 unspecified atom stereocenters. The van der Waals surface area contributed by atoms with Crippen LogP contribution in [0.5, 0.6) is 0 Å². The Bertz CT molecular complexity index is 3210. The van der Waals surface area contributed by atoms with Gasteiger partial charge in [-0.25, -0.2) is 15.0 Å². The largest absolute Gasteiger partial charge is 0.456 e. The fourth-order valence-corrected chi connectivity index (χ4v) is 7.68. The van der Waals surface area contributed by atoms with Crippen molar-refractivity contribution in [2.75, 3.05) is 0 Å². The second-order valence-electron chi connectivity index (χ2n) is 13.6. The van der Waals surface area contributed by atoms with Crippen LogP contribution >= 0.6 is 0 Å². The van der Waals surface area contributed by atoms with E-state index in [1.807, 2.05) is 42.5 Å². The molecule has 3 heterocycles. The Hall–Kier alpha value is -7.37. The minimum atomic E-state index is 0.584. The van der Waals surface area contributed by atoms with Gasteiger partial charge in [0.15, 0.2) is 17.5 Å². The van der Waals surface area contributed by atoms with Crippen LogP contribution in [0.2, 0.25) is 0 Å². The number of fused-ring (bicyclic) bond motifs is 7. The van der Waals surface area contributed by atoms with E-state index in [4.69, 9.17) is 23.8 Å². The minimum absolute atomic E-state index is 0.584. The van der Waals surface area contributed by atoms with Gasteiger partial charge in [-0.15, -0.1) is 0 Å². The molecular weight excluding hydrogens is 663 g/mol. The third kappa shape index (κ3) is 4.98. The zero-order valence-corrected chi connectivity index (χ0v) is 28.9. The van der Waals surface area contributed by atoms with Crippen molar-refractivity contribution in [2.45, 2.75) is 0 Å². The molecule has 5 nitrogen and oxygen atoms in total. The van der Waals surface area contributed by atoms with Gasteiger partial charge in [0.1, 0.15) is 22.3 Å². The molecule has 0 saturated carbocycles. The lowest BCUT2D eigenvalue weighted by molar-refractivity contribution is 0.668. The third-order valence-corrected chi connectivity index (χ3v) is 10.3. The molecule has 0 radical (unpaired) electrons. The summed E-state index contributed by atoms with van der Waals surface area (Å²) in [4.78, 5) is 15.4. The highest BCUT2D eigenvalue weighted by atomic mass is 16.3. The summed E-state index contributed by atoms with van der Waals surface area (Å²) in [5, 5.41) is 6.42. The van der Waals surface area contributed by atoms with Crippen LogP contribution in [0.4, 0.5) is 0 Å². The third-order valence-electron chi connectivity index (χ3n) is 10.3. The summed E-state index contributed by atoms with van der Waals surface area (Å²) in [6.07, 6.45) is 0. The standard InChI is InChI=1S/C49H29N3O2/c1-2-10-30(11-3-1)32-20-23-33(24-21-32)47-50-48(36-25-22-31-12-4-5-13-34(31)28-36)52-49(51-47)40-17-9-19-44-45(40)39-16-8-15-37(46(39)54-44)35-26-27-43-41(29-35)38-14-6-7-18-42(38)53-43/h1-29H. The zero-order valence-electron chi connectivity index (χ0n) is 28.9. The number of hydrogen-bond donors (Lipinski definition) is 0. The highest BCUT2D eigenvalue weighted by Gasteiger charge is 2.20. The van der Waals surface area contributed by atoms with Gasteiger partial charge >= 0.3 is 0 Å². The molecule has 0 saturated heterocycles. The van der Waals surface area contributed by atoms with Gasteiger partial charge in [-0.3, -0.25) is 0 Å². The quantitative estimate of drug-likeness (QED) is 0.180. The average molecular weight is 692 g/mol. The van der Waals surface area contributed by atoms with E-state index in [9.17, 15) is 0 Å². The number of furan rings is 2. The van der Waals surface area contributed by atoms with E-state index < -0.39 is 0 Å². The van der Waals surface area contributed by atoms with Crippen molar-refractivity contribution in [3.63, 3.8) is 0 Å². The monoisotopic (exact) mass is 691 g/mol. The van der Waals surface area contributed by atoms with Gasteiger partial charge in [-0.2, -0.15) is 0 Å². The molecule has 252 valence electrons. The minimum Gasteiger partial charge on any atom is -0.456 e. The van der Waals surface area contributed by atoms with Crippen LogP contribution in [-0.2, 0) is 0 Å². The molecule has 8 aromatic carbocycles. The number of rotatable bonds is 5. The molecule has 5 heteroatoms. The van der Waals surface area contributed by atoms with Crippen LogP contribution in [-0.4, -0.2) is 15.0 Å². The van der Waals surface area contributed by atoms with Gasteiger partial charge in [0.05, 0.1) is 0 Å². The molecule has 0 spiro atoms. The zero-order chi connectivity index (χ0) is 35.6. The maximum atomic E-state index is 6.72. The number of aromatic nitrogens is 3. The van der Waals surface area contributed by atoms with E-state index in [0.717, 1.165) is 93.6 Å². The first-order valence-electron chi connectivity index (χ1n) is 18.0. The van der Waals surface area contributed by atoms with Crippen LogP contribution in [0.15, 0.2) is 185 Å². The number of para-hydroxylation sites is 2. The van der Waals surface area contributed by atoms with Crippen molar-refractivity contribution >= 4 is 54.6 Å². The first-order valence-corrected chi connectivity index (χ1v) is 18.0. The van der Waals surface area contributed by atoms with Crippen LogP contribution in [0.25, 0.3) is 111 Å². The fourth-order valence-electron chi connectivity index (χ4n) is 7.68. The molecule has 0 aliphatic heterocycles. The smallest absolute Gasteiger partial charge is 0.164 e. The van der Waals surface area contributed by atoms with Gasteiger partial charge in [0.25, 0.3) is 0 Å². The van der Waals surface area contributed by atoms with Crippen LogP contribution in [0.3, 0.4) is 0 Å². The van der Waals surface area contributed by atoms with Gasteiger partial charge < -0.3 is 8.83 Å². The molecule has 0 atom stereocenters. The fraction of sp³-hybridized carbons (Fsp3) is 0. The second-order valence-corrected chi connectivity index (χ2v) is 13.6. The molecular formula is C49H29N3O2. The summed E-state index contributed by atoms with van der Waals surface area (Å²) in [6, 6.07) is 60.4. The predicted octanol–water partition coefficient (Wildman–Crippen LogP) is 13.2. The van der Waals surface area contributed by atoms with Crippen molar-refractivity contribution in [3.8, 4) is 56.4 Å². The van der Waals surface area contributed by atoms with Crippen LogP contribution < -0.4 is 0 Å². The van der Waals surface area contributed by atoms with Crippen molar-refractivity contribution in [2.24, 2.45) is 0 Å². The van der Waals surface area contributed by atoms with Gasteiger partial charge in [-0.05, 0) is 57.8 Å². The lowest BCUT2D eigenvalue weighted by atomic mass is 9.99. The SMILES string of the molecule is c1ccc(-c2ccc(-c3nc(-c4ccc5ccccc5c4)nc(-c4cccc5oc6c(-c7ccc8oc9ccccc9c8c7)cccc6c45)n3)cc2)cc1. The summed E-state index contributed by atoms with van der Waals surface area (Å²) < 4.78 is 12.9. The Kier molecular flexibility index (Phi) is 6.79. The highest BCUT2D eigenvalue weighted by molar-refractivity contribution is 6.15. The maximum absolute atomic E-state index is 6.72. The molecule has 0 N–H and O–H groups in total. The topological polar surface area (TPSA) is 65.0 Å². The summed E-state index contributed by atoms with van der Waals surface area (Å²) >= 11 is 0. The Morgan fingerprint density at radius 1 is 0.315 bits per heavy atom. The van der Waals surface area contributed by atoms with E-state index in [1.165, 1.54) is 0 Å². The molecule has 0 aliphatic rings. The predicted molar refractivity (Wildman–Crippen MR) is 219 cm³/mol. The normalized spacial score (nSPS) is 11.7. The maximum Gasteiger partial charge on any atom is 0.164 e. The van der Waals surface area contributed by atoms with Gasteiger partial charge in [0, 0.05) is 43.8 Å². The first-order chi connectivity index (χ1) is 26.7. The number of hydrogen-bond acceptors (Lipinski definition) is 5.